The molecule has 2 rings (SSSR count). The van der Waals surface area contributed by atoms with Crippen molar-refractivity contribution in [3.05, 3.63) is 58.9 Å². The Labute approximate surface area is 102 Å². The van der Waals surface area contributed by atoms with Gasteiger partial charge in [0.1, 0.15) is 17.5 Å². The fourth-order valence-corrected chi connectivity index (χ4v) is 1.71. The van der Waals surface area contributed by atoms with Crippen molar-refractivity contribution in [2.45, 2.75) is 6.92 Å². The minimum Gasteiger partial charge on any atom is -0.298 e. The van der Waals surface area contributed by atoms with Crippen LogP contribution in [-0.2, 0) is 0 Å². The summed E-state index contributed by atoms with van der Waals surface area (Å²) in [4.78, 5) is 10.6. The van der Waals surface area contributed by atoms with E-state index in [2.05, 4.69) is 0 Å². The predicted molar refractivity (Wildman–Crippen MR) is 61.9 cm³/mol. The molecule has 0 heterocycles. The van der Waals surface area contributed by atoms with E-state index in [0.717, 1.165) is 18.2 Å². The number of aryl methyl sites for hydroxylation is 1. The quantitative estimate of drug-likeness (QED) is 0.739. The van der Waals surface area contributed by atoms with Crippen LogP contribution in [-0.4, -0.2) is 6.29 Å². The Morgan fingerprint density at radius 3 is 2.33 bits per heavy atom. The first kappa shape index (κ1) is 12.4. The zero-order valence-corrected chi connectivity index (χ0v) is 9.51. The van der Waals surface area contributed by atoms with Gasteiger partial charge in [-0.15, -0.1) is 0 Å². The number of hydrogen-bond donors (Lipinski definition) is 0. The van der Waals surface area contributed by atoms with Gasteiger partial charge in [-0.2, -0.15) is 0 Å². The van der Waals surface area contributed by atoms with Crippen molar-refractivity contribution in [1.82, 2.24) is 0 Å². The Morgan fingerprint density at radius 1 is 1.00 bits per heavy atom. The molecule has 2 aromatic rings. The molecule has 0 aliphatic heterocycles. The molecule has 0 atom stereocenters. The number of halogens is 3. The summed E-state index contributed by atoms with van der Waals surface area (Å²) >= 11 is 0. The average molecular weight is 250 g/mol. The highest BCUT2D eigenvalue weighted by Crippen LogP contribution is 2.28. The smallest absolute Gasteiger partial charge is 0.153 e. The largest absolute Gasteiger partial charge is 0.298 e. The maximum absolute atomic E-state index is 13.9. The molecule has 0 spiro atoms. The van der Waals surface area contributed by atoms with E-state index in [1.165, 1.54) is 19.1 Å². The molecule has 18 heavy (non-hydrogen) atoms. The summed E-state index contributed by atoms with van der Waals surface area (Å²) in [5.74, 6) is -2.18. The Balaban J connectivity index is 2.69. The summed E-state index contributed by atoms with van der Waals surface area (Å²) in [5.41, 5.74) is -0.0634. The first-order chi connectivity index (χ1) is 8.54. The van der Waals surface area contributed by atoms with Crippen LogP contribution in [0.15, 0.2) is 30.3 Å². The van der Waals surface area contributed by atoms with Gasteiger partial charge in [0.15, 0.2) is 6.29 Å². The molecule has 1 nitrogen and oxygen atoms in total. The summed E-state index contributed by atoms with van der Waals surface area (Å²) < 4.78 is 40.6. The average Bonchev–Trinajstić information content (AvgIpc) is 2.36. The maximum Gasteiger partial charge on any atom is 0.153 e. The molecule has 0 radical (unpaired) electrons. The molecule has 0 unspecified atom stereocenters. The van der Waals surface area contributed by atoms with Crippen LogP contribution in [0.4, 0.5) is 13.2 Å². The van der Waals surface area contributed by atoms with E-state index in [4.69, 9.17) is 0 Å². The third-order valence-corrected chi connectivity index (χ3v) is 2.70. The van der Waals surface area contributed by atoms with Crippen LogP contribution in [0.25, 0.3) is 11.1 Å². The van der Waals surface area contributed by atoms with Gasteiger partial charge >= 0.3 is 0 Å². The summed E-state index contributed by atoms with van der Waals surface area (Å²) in [5, 5.41) is 0. The molecule has 0 saturated carbocycles. The lowest BCUT2D eigenvalue weighted by molar-refractivity contribution is 0.112. The van der Waals surface area contributed by atoms with Crippen molar-refractivity contribution < 1.29 is 18.0 Å². The van der Waals surface area contributed by atoms with E-state index in [1.54, 1.807) is 0 Å². The zero-order valence-electron chi connectivity index (χ0n) is 9.51. The first-order valence-corrected chi connectivity index (χ1v) is 5.24. The minimum absolute atomic E-state index is 0.136. The summed E-state index contributed by atoms with van der Waals surface area (Å²) in [7, 11) is 0. The Morgan fingerprint density at radius 2 is 1.67 bits per heavy atom. The second-order valence-electron chi connectivity index (χ2n) is 3.91. The Bertz CT molecular complexity index is 621. The lowest BCUT2D eigenvalue weighted by atomic mass is 10.00. The maximum atomic E-state index is 13.9. The standard InChI is InChI=1S/C14H9F3O/c1-8-2-4-12(16)13(14(8)17)9-3-5-11(15)10(6-9)7-18/h2-7H,1H3. The van der Waals surface area contributed by atoms with Gasteiger partial charge in [0.25, 0.3) is 0 Å². The molecule has 0 aliphatic carbocycles. The molecule has 0 fully saturated rings. The van der Waals surface area contributed by atoms with Crippen LogP contribution < -0.4 is 0 Å². The fraction of sp³-hybridized carbons (Fsp3) is 0.0714. The predicted octanol–water partition coefficient (Wildman–Crippen LogP) is 3.89. The van der Waals surface area contributed by atoms with Crippen molar-refractivity contribution in [3.8, 4) is 11.1 Å². The van der Waals surface area contributed by atoms with E-state index >= 15 is 0 Å². The highest BCUT2D eigenvalue weighted by atomic mass is 19.1. The van der Waals surface area contributed by atoms with E-state index < -0.39 is 17.5 Å². The molecule has 0 bridgehead atoms. The van der Waals surface area contributed by atoms with Crippen LogP contribution in [0.1, 0.15) is 15.9 Å². The molecule has 4 heteroatoms. The number of benzene rings is 2. The summed E-state index contributed by atoms with van der Waals surface area (Å²) in [6, 6.07) is 5.84. The molecule has 0 aliphatic rings. The third kappa shape index (κ3) is 2.01. The second-order valence-corrected chi connectivity index (χ2v) is 3.91. The van der Waals surface area contributed by atoms with Crippen molar-refractivity contribution in [3.63, 3.8) is 0 Å². The fourth-order valence-electron chi connectivity index (χ4n) is 1.71. The van der Waals surface area contributed by atoms with Gasteiger partial charge in [0.05, 0.1) is 11.1 Å². The number of aldehydes is 1. The van der Waals surface area contributed by atoms with Crippen LogP contribution in [0, 0.1) is 24.4 Å². The van der Waals surface area contributed by atoms with Crippen molar-refractivity contribution in [1.29, 1.82) is 0 Å². The first-order valence-electron chi connectivity index (χ1n) is 5.24. The van der Waals surface area contributed by atoms with Gasteiger partial charge in [0, 0.05) is 0 Å². The number of carbonyl (C=O) groups is 1. The van der Waals surface area contributed by atoms with E-state index in [-0.39, 0.29) is 22.3 Å². The van der Waals surface area contributed by atoms with Crippen molar-refractivity contribution in [2.75, 3.05) is 0 Å². The van der Waals surface area contributed by atoms with Gasteiger partial charge in [-0.05, 0) is 36.2 Å². The molecule has 0 amide bonds. The Kier molecular flexibility index (Phi) is 3.19. The van der Waals surface area contributed by atoms with Gasteiger partial charge in [-0.25, -0.2) is 13.2 Å². The lowest BCUT2D eigenvalue weighted by Gasteiger charge is -2.08. The van der Waals surface area contributed by atoms with Crippen LogP contribution in [0.3, 0.4) is 0 Å². The monoisotopic (exact) mass is 250 g/mol. The Hall–Kier alpha value is -2.10. The van der Waals surface area contributed by atoms with E-state index in [0.29, 0.717) is 6.29 Å². The zero-order chi connectivity index (χ0) is 13.3. The van der Waals surface area contributed by atoms with E-state index in [9.17, 15) is 18.0 Å². The minimum atomic E-state index is -0.749. The number of hydrogen-bond acceptors (Lipinski definition) is 1. The second kappa shape index (κ2) is 4.64. The number of carbonyl (C=O) groups excluding carboxylic acids is 1. The topological polar surface area (TPSA) is 17.1 Å². The highest BCUT2D eigenvalue weighted by Gasteiger charge is 2.15. The highest BCUT2D eigenvalue weighted by molar-refractivity contribution is 5.79. The van der Waals surface area contributed by atoms with Crippen LogP contribution >= 0.6 is 0 Å². The normalized spacial score (nSPS) is 10.4. The molecule has 92 valence electrons. The molecule has 2 aromatic carbocycles. The van der Waals surface area contributed by atoms with Gasteiger partial charge in [-0.3, -0.25) is 4.79 Å². The van der Waals surface area contributed by atoms with Crippen LogP contribution in [0.2, 0.25) is 0 Å². The molecular weight excluding hydrogens is 241 g/mol. The third-order valence-electron chi connectivity index (χ3n) is 2.70. The van der Waals surface area contributed by atoms with Gasteiger partial charge in [0.2, 0.25) is 0 Å². The summed E-state index contributed by atoms with van der Waals surface area (Å²) in [6.45, 7) is 1.50. The van der Waals surface area contributed by atoms with E-state index in [1.807, 2.05) is 0 Å². The molecule has 0 aromatic heterocycles. The lowest BCUT2D eigenvalue weighted by Crippen LogP contribution is -1.95. The summed E-state index contributed by atoms with van der Waals surface area (Å²) in [6.07, 6.45) is 0.310. The SMILES string of the molecule is Cc1ccc(F)c(-c2ccc(F)c(C=O)c2)c1F. The molecule has 0 N–H and O–H groups in total. The van der Waals surface area contributed by atoms with Gasteiger partial charge in [-0.1, -0.05) is 12.1 Å². The van der Waals surface area contributed by atoms with Crippen molar-refractivity contribution in [2.24, 2.45) is 0 Å². The molecular formula is C14H9F3O. The molecule has 0 saturated heterocycles. The van der Waals surface area contributed by atoms with Crippen LogP contribution in [0.5, 0.6) is 0 Å². The van der Waals surface area contributed by atoms with Crippen molar-refractivity contribution >= 4 is 6.29 Å². The number of rotatable bonds is 2. The van der Waals surface area contributed by atoms with Gasteiger partial charge < -0.3 is 0 Å².